The standard InChI is InChI=1S/C16H23NO4/c1-11-9-13(12(2)18)3-4-15(11)21-10-16(19)17-14-5-7-20-8-6-14/h3-4,9,12,14,18H,5-8,10H2,1-2H3,(H,17,19)/t12-/m1/s1. The highest BCUT2D eigenvalue weighted by Gasteiger charge is 2.16. The van der Waals surface area contributed by atoms with E-state index < -0.39 is 6.10 Å². The number of aryl methyl sites for hydroxylation is 1. The molecule has 0 bridgehead atoms. The van der Waals surface area contributed by atoms with Crippen LogP contribution in [0.5, 0.6) is 5.75 Å². The number of carbonyl (C=O) groups is 1. The van der Waals surface area contributed by atoms with Crippen LogP contribution in [0.1, 0.15) is 37.0 Å². The number of carbonyl (C=O) groups excluding carboxylic acids is 1. The number of hydrogen-bond donors (Lipinski definition) is 2. The van der Waals surface area contributed by atoms with E-state index in [0.29, 0.717) is 19.0 Å². The monoisotopic (exact) mass is 293 g/mol. The first-order chi connectivity index (χ1) is 10.1. The fourth-order valence-corrected chi connectivity index (χ4v) is 2.35. The van der Waals surface area contributed by atoms with Gasteiger partial charge in [-0.1, -0.05) is 6.07 Å². The van der Waals surface area contributed by atoms with Crippen molar-refractivity contribution in [1.29, 1.82) is 0 Å². The summed E-state index contributed by atoms with van der Waals surface area (Å²) >= 11 is 0. The second-order valence-electron chi connectivity index (χ2n) is 5.44. The molecule has 2 rings (SSSR count). The maximum atomic E-state index is 11.9. The van der Waals surface area contributed by atoms with Crippen LogP contribution < -0.4 is 10.1 Å². The predicted molar refractivity (Wildman–Crippen MR) is 79.3 cm³/mol. The first-order valence-electron chi connectivity index (χ1n) is 7.35. The van der Waals surface area contributed by atoms with E-state index in [1.165, 1.54) is 0 Å². The van der Waals surface area contributed by atoms with E-state index in [1.54, 1.807) is 13.0 Å². The molecule has 1 amide bonds. The van der Waals surface area contributed by atoms with Gasteiger partial charge in [-0.15, -0.1) is 0 Å². The minimum Gasteiger partial charge on any atom is -0.484 e. The van der Waals surface area contributed by atoms with Gasteiger partial charge in [0.15, 0.2) is 6.61 Å². The fraction of sp³-hybridized carbons (Fsp3) is 0.562. The van der Waals surface area contributed by atoms with Crippen LogP contribution in [-0.2, 0) is 9.53 Å². The number of hydrogen-bond acceptors (Lipinski definition) is 4. The van der Waals surface area contributed by atoms with Crippen molar-refractivity contribution in [2.45, 2.75) is 38.8 Å². The van der Waals surface area contributed by atoms with Crippen molar-refractivity contribution in [1.82, 2.24) is 5.32 Å². The zero-order valence-electron chi connectivity index (χ0n) is 12.6. The molecule has 1 aliphatic heterocycles. The van der Waals surface area contributed by atoms with E-state index in [9.17, 15) is 9.90 Å². The van der Waals surface area contributed by atoms with Crippen LogP contribution >= 0.6 is 0 Å². The number of nitrogens with one attached hydrogen (secondary N) is 1. The van der Waals surface area contributed by atoms with Gasteiger partial charge in [0.25, 0.3) is 5.91 Å². The molecule has 1 heterocycles. The number of rotatable bonds is 5. The highest BCUT2D eigenvalue weighted by atomic mass is 16.5. The molecule has 0 spiro atoms. The molecule has 5 nitrogen and oxygen atoms in total. The third-order valence-corrected chi connectivity index (χ3v) is 3.63. The van der Waals surface area contributed by atoms with Crippen LogP contribution in [0.4, 0.5) is 0 Å². The lowest BCUT2D eigenvalue weighted by molar-refractivity contribution is -0.124. The summed E-state index contributed by atoms with van der Waals surface area (Å²) in [7, 11) is 0. The molecule has 21 heavy (non-hydrogen) atoms. The molecule has 0 aromatic heterocycles. The van der Waals surface area contributed by atoms with Crippen molar-refractivity contribution in [3.8, 4) is 5.75 Å². The molecule has 116 valence electrons. The number of aliphatic hydroxyl groups excluding tert-OH is 1. The Morgan fingerprint density at radius 3 is 2.81 bits per heavy atom. The average molecular weight is 293 g/mol. The van der Waals surface area contributed by atoms with Crippen LogP contribution in [0.15, 0.2) is 18.2 Å². The van der Waals surface area contributed by atoms with Crippen molar-refractivity contribution < 1.29 is 19.4 Å². The molecule has 1 fully saturated rings. The SMILES string of the molecule is Cc1cc([C@@H](C)O)ccc1OCC(=O)NC1CCOCC1. The molecule has 0 unspecified atom stereocenters. The zero-order chi connectivity index (χ0) is 15.2. The van der Waals surface area contributed by atoms with Gasteiger partial charge in [0.1, 0.15) is 5.75 Å². The molecule has 1 saturated heterocycles. The van der Waals surface area contributed by atoms with Crippen molar-refractivity contribution in [2.75, 3.05) is 19.8 Å². The highest BCUT2D eigenvalue weighted by molar-refractivity contribution is 5.77. The normalized spacial score (nSPS) is 17.3. The number of aliphatic hydroxyl groups is 1. The Balaban J connectivity index is 1.83. The lowest BCUT2D eigenvalue weighted by Crippen LogP contribution is -2.41. The first kappa shape index (κ1) is 15.8. The third kappa shape index (κ3) is 4.72. The zero-order valence-corrected chi connectivity index (χ0v) is 12.6. The summed E-state index contributed by atoms with van der Waals surface area (Å²) in [4.78, 5) is 11.9. The van der Waals surface area contributed by atoms with E-state index in [-0.39, 0.29) is 18.6 Å². The van der Waals surface area contributed by atoms with Gasteiger partial charge < -0.3 is 19.9 Å². The lowest BCUT2D eigenvalue weighted by Gasteiger charge is -2.23. The van der Waals surface area contributed by atoms with E-state index in [0.717, 1.165) is 24.0 Å². The van der Waals surface area contributed by atoms with Gasteiger partial charge in [-0.3, -0.25) is 4.79 Å². The minimum absolute atomic E-state index is 0.00617. The van der Waals surface area contributed by atoms with Crippen LogP contribution in [0.2, 0.25) is 0 Å². The Morgan fingerprint density at radius 2 is 2.19 bits per heavy atom. The van der Waals surface area contributed by atoms with E-state index in [1.807, 2.05) is 19.1 Å². The maximum Gasteiger partial charge on any atom is 0.258 e. The first-order valence-corrected chi connectivity index (χ1v) is 7.35. The summed E-state index contributed by atoms with van der Waals surface area (Å²) < 4.78 is 10.8. The van der Waals surface area contributed by atoms with Crippen molar-refractivity contribution in [3.63, 3.8) is 0 Å². The van der Waals surface area contributed by atoms with Crippen molar-refractivity contribution in [2.24, 2.45) is 0 Å². The number of ether oxygens (including phenoxy) is 2. The van der Waals surface area contributed by atoms with Crippen LogP contribution in [0.3, 0.4) is 0 Å². The molecule has 1 aromatic rings. The molecule has 5 heteroatoms. The summed E-state index contributed by atoms with van der Waals surface area (Å²) in [6.07, 6.45) is 1.20. The molecular formula is C16H23NO4. The third-order valence-electron chi connectivity index (χ3n) is 3.63. The van der Waals surface area contributed by atoms with E-state index >= 15 is 0 Å². The van der Waals surface area contributed by atoms with E-state index in [4.69, 9.17) is 9.47 Å². The molecule has 2 N–H and O–H groups in total. The molecule has 1 aromatic carbocycles. The summed E-state index contributed by atoms with van der Waals surface area (Å²) in [6.45, 7) is 5.03. The molecule has 1 atom stereocenters. The van der Waals surface area contributed by atoms with Crippen LogP contribution in [0, 0.1) is 6.92 Å². The van der Waals surface area contributed by atoms with Crippen LogP contribution in [0.25, 0.3) is 0 Å². The van der Waals surface area contributed by atoms with Gasteiger partial charge >= 0.3 is 0 Å². The smallest absolute Gasteiger partial charge is 0.258 e. The fourth-order valence-electron chi connectivity index (χ4n) is 2.35. The van der Waals surface area contributed by atoms with Crippen LogP contribution in [-0.4, -0.2) is 36.9 Å². The maximum absolute atomic E-state index is 11.9. The molecule has 0 saturated carbocycles. The number of benzene rings is 1. The second-order valence-corrected chi connectivity index (χ2v) is 5.44. The Labute approximate surface area is 125 Å². The quantitative estimate of drug-likeness (QED) is 0.867. The second kappa shape index (κ2) is 7.43. The minimum atomic E-state index is -0.505. The van der Waals surface area contributed by atoms with Gasteiger partial charge in [0.05, 0.1) is 6.10 Å². The van der Waals surface area contributed by atoms with Gasteiger partial charge in [0.2, 0.25) is 0 Å². The summed E-state index contributed by atoms with van der Waals surface area (Å²) in [5, 5.41) is 12.5. The highest BCUT2D eigenvalue weighted by Crippen LogP contribution is 2.22. The topological polar surface area (TPSA) is 67.8 Å². The summed E-state index contributed by atoms with van der Waals surface area (Å²) in [5.41, 5.74) is 1.75. The van der Waals surface area contributed by atoms with E-state index in [2.05, 4.69) is 5.32 Å². The predicted octanol–water partition coefficient (Wildman–Crippen LogP) is 1.72. The Bertz CT molecular complexity index is 481. The number of amides is 1. The van der Waals surface area contributed by atoms with Gasteiger partial charge in [0, 0.05) is 19.3 Å². The molecule has 0 aliphatic carbocycles. The van der Waals surface area contributed by atoms with Gasteiger partial charge in [-0.25, -0.2) is 0 Å². The Hall–Kier alpha value is -1.59. The van der Waals surface area contributed by atoms with Crippen molar-refractivity contribution >= 4 is 5.91 Å². The lowest BCUT2D eigenvalue weighted by atomic mass is 10.1. The van der Waals surface area contributed by atoms with Gasteiger partial charge in [-0.05, 0) is 49.9 Å². The van der Waals surface area contributed by atoms with Crippen molar-refractivity contribution in [3.05, 3.63) is 29.3 Å². The average Bonchev–Trinajstić information content (AvgIpc) is 2.47. The molecule has 0 radical (unpaired) electrons. The summed E-state index contributed by atoms with van der Waals surface area (Å²) in [5.74, 6) is 0.558. The molecule has 1 aliphatic rings. The largest absolute Gasteiger partial charge is 0.484 e. The Morgan fingerprint density at radius 1 is 1.48 bits per heavy atom. The Kier molecular flexibility index (Phi) is 5.59. The molecular weight excluding hydrogens is 270 g/mol. The summed E-state index contributed by atoms with van der Waals surface area (Å²) in [6, 6.07) is 5.66. The van der Waals surface area contributed by atoms with Gasteiger partial charge in [-0.2, -0.15) is 0 Å².